The molecule has 0 heterocycles. The molecule has 1 rings (SSSR count). The van der Waals surface area contributed by atoms with Gasteiger partial charge < -0.3 is 10.4 Å². The summed E-state index contributed by atoms with van der Waals surface area (Å²) in [7, 11) is 0. The van der Waals surface area contributed by atoms with E-state index in [2.05, 4.69) is 5.32 Å². The van der Waals surface area contributed by atoms with Crippen molar-refractivity contribution in [2.24, 2.45) is 5.92 Å². The van der Waals surface area contributed by atoms with E-state index in [-0.39, 0.29) is 29.8 Å². The molecule has 0 aromatic heterocycles. The zero-order chi connectivity index (χ0) is 13.7. The van der Waals surface area contributed by atoms with Gasteiger partial charge in [0.05, 0.1) is 17.6 Å². The van der Waals surface area contributed by atoms with Gasteiger partial charge in [-0.05, 0) is 18.1 Å². The lowest BCUT2D eigenvalue weighted by atomic mass is 10.0. The highest BCUT2D eigenvalue weighted by Crippen LogP contribution is 2.23. The van der Waals surface area contributed by atoms with Gasteiger partial charge in [-0.25, -0.2) is 0 Å². The van der Waals surface area contributed by atoms with Gasteiger partial charge >= 0.3 is 0 Å². The highest BCUT2D eigenvalue weighted by atomic mass is 16.6. The Bertz CT molecular complexity index is 480. The van der Waals surface area contributed by atoms with Crippen LogP contribution in [0.4, 0.5) is 11.4 Å². The third-order valence-corrected chi connectivity index (χ3v) is 2.67. The van der Waals surface area contributed by atoms with Crippen molar-refractivity contribution < 1.29 is 10.0 Å². The van der Waals surface area contributed by atoms with Crippen molar-refractivity contribution in [2.45, 2.75) is 19.9 Å². The van der Waals surface area contributed by atoms with Gasteiger partial charge in [0.2, 0.25) is 0 Å². The van der Waals surface area contributed by atoms with E-state index in [0.717, 1.165) is 0 Å². The first-order valence-electron chi connectivity index (χ1n) is 5.55. The van der Waals surface area contributed by atoms with E-state index in [0.29, 0.717) is 5.69 Å². The summed E-state index contributed by atoms with van der Waals surface area (Å²) >= 11 is 0. The smallest absolute Gasteiger partial charge is 0.287 e. The molecule has 1 aromatic rings. The number of nitrogens with zero attached hydrogens (tertiary/aromatic N) is 2. The van der Waals surface area contributed by atoms with Crippen LogP contribution in [0.5, 0.6) is 0 Å². The van der Waals surface area contributed by atoms with Crippen LogP contribution in [0.3, 0.4) is 0 Å². The molecule has 6 nitrogen and oxygen atoms in total. The SMILES string of the molecule is CC(C)[C@@H](CO)Nc1ccc([N+](=O)[O-])c(C#N)c1. The lowest BCUT2D eigenvalue weighted by Gasteiger charge is -2.21. The van der Waals surface area contributed by atoms with E-state index in [1.54, 1.807) is 6.07 Å². The van der Waals surface area contributed by atoms with Gasteiger partial charge in [-0.2, -0.15) is 5.26 Å². The number of rotatable bonds is 5. The minimum absolute atomic E-state index is 0.00504. The standard InChI is InChI=1S/C12H15N3O3/c1-8(2)11(7-16)14-10-3-4-12(15(17)18)9(5-10)6-13/h3-5,8,11,14,16H,7H2,1-2H3/t11-/m1/s1. The maximum absolute atomic E-state index is 10.7. The monoisotopic (exact) mass is 249 g/mol. The fraction of sp³-hybridized carbons (Fsp3) is 0.417. The van der Waals surface area contributed by atoms with Crippen molar-refractivity contribution in [2.75, 3.05) is 11.9 Å². The predicted molar refractivity (Wildman–Crippen MR) is 67.1 cm³/mol. The first-order chi connectivity index (χ1) is 8.49. The minimum atomic E-state index is -0.589. The molecule has 18 heavy (non-hydrogen) atoms. The van der Waals surface area contributed by atoms with Crippen LogP contribution < -0.4 is 5.32 Å². The number of anilines is 1. The topological polar surface area (TPSA) is 99.2 Å². The summed E-state index contributed by atoms with van der Waals surface area (Å²) < 4.78 is 0. The maximum atomic E-state index is 10.7. The zero-order valence-corrected chi connectivity index (χ0v) is 10.3. The molecule has 6 heteroatoms. The Morgan fingerprint density at radius 2 is 2.22 bits per heavy atom. The molecule has 0 amide bonds. The van der Waals surface area contributed by atoms with Gasteiger partial charge in [-0.15, -0.1) is 0 Å². The average Bonchev–Trinajstić information content (AvgIpc) is 2.34. The maximum Gasteiger partial charge on any atom is 0.287 e. The van der Waals surface area contributed by atoms with E-state index in [1.807, 2.05) is 13.8 Å². The molecule has 0 aliphatic heterocycles. The molecule has 0 aliphatic rings. The Balaban J connectivity index is 3.00. The van der Waals surface area contributed by atoms with E-state index in [4.69, 9.17) is 5.26 Å². The summed E-state index contributed by atoms with van der Waals surface area (Å²) in [5.74, 6) is 0.204. The van der Waals surface area contributed by atoms with Crippen LogP contribution >= 0.6 is 0 Å². The third kappa shape index (κ3) is 3.18. The lowest BCUT2D eigenvalue weighted by molar-refractivity contribution is -0.385. The minimum Gasteiger partial charge on any atom is -0.394 e. The Labute approximate surface area is 105 Å². The van der Waals surface area contributed by atoms with Crippen LogP contribution in [-0.4, -0.2) is 22.7 Å². The summed E-state index contributed by atoms with van der Waals surface area (Å²) in [6.45, 7) is 3.85. The molecule has 0 fully saturated rings. The predicted octanol–water partition coefficient (Wildman–Crippen LogP) is 1.90. The number of aliphatic hydroxyl groups is 1. The van der Waals surface area contributed by atoms with Crippen LogP contribution in [0, 0.1) is 27.4 Å². The van der Waals surface area contributed by atoms with E-state index < -0.39 is 4.92 Å². The van der Waals surface area contributed by atoms with Gasteiger partial charge in [0.25, 0.3) is 5.69 Å². The molecule has 0 bridgehead atoms. The Hall–Kier alpha value is -2.13. The Kier molecular flexibility index (Phi) is 4.63. The zero-order valence-electron chi connectivity index (χ0n) is 10.3. The van der Waals surface area contributed by atoms with Crippen molar-refractivity contribution in [3.63, 3.8) is 0 Å². The molecule has 0 saturated carbocycles. The number of nitriles is 1. The quantitative estimate of drug-likeness (QED) is 0.613. The number of nitrogens with one attached hydrogen (secondary N) is 1. The summed E-state index contributed by atoms with van der Waals surface area (Å²) in [4.78, 5) is 10.1. The molecular formula is C12H15N3O3. The molecule has 0 radical (unpaired) electrons. The molecule has 0 aliphatic carbocycles. The first kappa shape index (κ1) is 13.9. The molecule has 1 atom stereocenters. The molecule has 96 valence electrons. The molecule has 0 unspecified atom stereocenters. The summed E-state index contributed by atoms with van der Waals surface area (Å²) in [5, 5.41) is 31.8. The second-order valence-corrected chi connectivity index (χ2v) is 4.28. The van der Waals surface area contributed by atoms with Crippen molar-refractivity contribution >= 4 is 11.4 Å². The highest BCUT2D eigenvalue weighted by molar-refractivity contribution is 5.59. The van der Waals surface area contributed by atoms with Crippen LogP contribution in [-0.2, 0) is 0 Å². The largest absolute Gasteiger partial charge is 0.394 e. The van der Waals surface area contributed by atoms with Gasteiger partial charge in [0.15, 0.2) is 0 Å². The van der Waals surface area contributed by atoms with Crippen molar-refractivity contribution in [3.05, 3.63) is 33.9 Å². The van der Waals surface area contributed by atoms with Crippen molar-refractivity contribution in [1.82, 2.24) is 0 Å². The van der Waals surface area contributed by atoms with Crippen LogP contribution in [0.2, 0.25) is 0 Å². The van der Waals surface area contributed by atoms with Gasteiger partial charge in [0.1, 0.15) is 11.6 Å². The van der Waals surface area contributed by atoms with E-state index in [9.17, 15) is 15.2 Å². The number of aliphatic hydroxyl groups excluding tert-OH is 1. The summed E-state index contributed by atoms with van der Waals surface area (Å²) in [6, 6.07) is 5.88. The lowest BCUT2D eigenvalue weighted by Crippen LogP contribution is -2.29. The third-order valence-electron chi connectivity index (χ3n) is 2.67. The van der Waals surface area contributed by atoms with Gasteiger partial charge in [-0.3, -0.25) is 10.1 Å². The second-order valence-electron chi connectivity index (χ2n) is 4.28. The Morgan fingerprint density at radius 3 is 2.67 bits per heavy atom. The number of benzene rings is 1. The summed E-state index contributed by atoms with van der Waals surface area (Å²) in [5.41, 5.74) is 0.378. The molecular weight excluding hydrogens is 234 g/mol. The van der Waals surface area contributed by atoms with E-state index in [1.165, 1.54) is 18.2 Å². The van der Waals surface area contributed by atoms with Gasteiger partial charge in [-0.1, -0.05) is 13.8 Å². The number of hydrogen-bond donors (Lipinski definition) is 2. The second kappa shape index (κ2) is 5.98. The Morgan fingerprint density at radius 1 is 1.56 bits per heavy atom. The normalized spacial score (nSPS) is 11.9. The van der Waals surface area contributed by atoms with Crippen LogP contribution in [0.25, 0.3) is 0 Å². The fourth-order valence-electron chi connectivity index (χ4n) is 1.51. The molecule has 0 spiro atoms. The molecule has 0 saturated heterocycles. The molecule has 2 N–H and O–H groups in total. The van der Waals surface area contributed by atoms with Gasteiger partial charge in [0, 0.05) is 11.8 Å². The average molecular weight is 249 g/mol. The first-order valence-corrected chi connectivity index (χ1v) is 5.55. The van der Waals surface area contributed by atoms with Crippen LogP contribution in [0.15, 0.2) is 18.2 Å². The number of nitro benzene ring substituents is 1. The van der Waals surface area contributed by atoms with Crippen molar-refractivity contribution in [1.29, 1.82) is 5.26 Å². The number of nitro groups is 1. The highest BCUT2D eigenvalue weighted by Gasteiger charge is 2.16. The summed E-state index contributed by atoms with van der Waals surface area (Å²) in [6.07, 6.45) is 0. The van der Waals surface area contributed by atoms with Crippen molar-refractivity contribution in [3.8, 4) is 6.07 Å². The molecule has 1 aromatic carbocycles. The van der Waals surface area contributed by atoms with Crippen LogP contribution in [0.1, 0.15) is 19.4 Å². The fourth-order valence-corrected chi connectivity index (χ4v) is 1.51. The number of hydrogen-bond acceptors (Lipinski definition) is 5. The van der Waals surface area contributed by atoms with E-state index >= 15 is 0 Å².